The van der Waals surface area contributed by atoms with Crippen molar-refractivity contribution in [1.82, 2.24) is 42.1 Å². The minimum atomic E-state index is -1.60. The second-order valence-electron chi connectivity index (χ2n) is 18.2. The van der Waals surface area contributed by atoms with Gasteiger partial charge in [0.1, 0.15) is 47.7 Å². The summed E-state index contributed by atoms with van der Waals surface area (Å²) in [4.78, 5) is 127. The van der Waals surface area contributed by atoms with Crippen LogP contribution in [0, 0.1) is 0 Å². The maximum absolute atomic E-state index is 14.3. The van der Waals surface area contributed by atoms with Crippen molar-refractivity contribution >= 4 is 59.2 Å². The second-order valence-corrected chi connectivity index (χ2v) is 18.2. The number of amides is 8. The van der Waals surface area contributed by atoms with Crippen LogP contribution in [0.2, 0.25) is 0 Å². The molecule has 1 saturated heterocycles. The predicted octanol–water partition coefficient (Wildman–Crippen LogP) is -6.49. The summed E-state index contributed by atoms with van der Waals surface area (Å²) >= 11 is 0. The van der Waals surface area contributed by atoms with Crippen LogP contribution >= 0.6 is 0 Å². The van der Waals surface area contributed by atoms with Gasteiger partial charge in [-0.25, -0.2) is 4.79 Å². The summed E-state index contributed by atoms with van der Waals surface area (Å²) in [5, 5.41) is 37.9. The molecule has 8 atom stereocenters. The molecule has 29 nitrogen and oxygen atoms in total. The summed E-state index contributed by atoms with van der Waals surface area (Å²) in [6.45, 7) is -0.315. The molecule has 0 aliphatic carbocycles. The van der Waals surface area contributed by atoms with E-state index in [4.69, 9.17) is 50.6 Å². The third kappa shape index (κ3) is 23.8. The van der Waals surface area contributed by atoms with Crippen molar-refractivity contribution in [2.75, 3.05) is 59.5 Å². The molecule has 1 unspecified atom stereocenters. The molecule has 0 bridgehead atoms. The zero-order valence-corrected chi connectivity index (χ0v) is 43.8. The van der Waals surface area contributed by atoms with Crippen LogP contribution in [0.5, 0.6) is 5.75 Å². The van der Waals surface area contributed by atoms with Crippen LogP contribution in [-0.2, 0) is 49.6 Å². The van der Waals surface area contributed by atoms with E-state index in [-0.39, 0.29) is 90.0 Å². The number of carbonyl (C=O) groups is 9. The number of unbranched alkanes of at least 4 members (excludes halogenated alkanes) is 2. The first-order chi connectivity index (χ1) is 36.7. The quantitative estimate of drug-likeness (QED) is 0.0127. The molecule has 77 heavy (non-hydrogen) atoms. The van der Waals surface area contributed by atoms with Gasteiger partial charge in [-0.3, -0.25) is 43.3 Å². The fourth-order valence-corrected chi connectivity index (χ4v) is 8.01. The van der Waals surface area contributed by atoms with Crippen LogP contribution in [0.25, 0.3) is 0 Å². The Balaban J connectivity index is 2.31. The monoisotopic (exact) mass is 1090 g/mol. The van der Waals surface area contributed by atoms with Crippen LogP contribution < -0.4 is 87.8 Å². The molecule has 1 aromatic rings. The summed E-state index contributed by atoms with van der Waals surface area (Å²) in [7, 11) is 1.47. The number of hydrogen-bond acceptors (Lipinski definition) is 18. The molecular formula is C48H83N17O12. The molecule has 1 aliphatic rings. The Bertz CT molecular complexity index is 2150. The van der Waals surface area contributed by atoms with Crippen molar-refractivity contribution < 1.29 is 58.1 Å². The maximum Gasteiger partial charge on any atom is 0.352 e. The Morgan fingerprint density at radius 1 is 0.727 bits per heavy atom. The molecule has 0 aromatic heterocycles. The average molecular weight is 1090 g/mol. The summed E-state index contributed by atoms with van der Waals surface area (Å²) in [6.07, 6.45) is 2.57. The maximum atomic E-state index is 14.3. The minimum Gasteiger partial charge on any atom is -0.497 e. The van der Waals surface area contributed by atoms with E-state index in [1.165, 1.54) is 18.1 Å². The number of aliphatic hydroxyl groups is 1. The molecule has 0 spiro atoms. The number of hydrogen-bond donors (Lipinski definition) is 17. The predicted molar refractivity (Wildman–Crippen MR) is 284 cm³/mol. The lowest BCUT2D eigenvalue weighted by Gasteiger charge is -2.30. The van der Waals surface area contributed by atoms with E-state index < -0.39 is 120 Å². The van der Waals surface area contributed by atoms with Gasteiger partial charge in [0, 0.05) is 26.1 Å². The van der Waals surface area contributed by atoms with E-state index in [0.29, 0.717) is 50.0 Å². The lowest BCUT2D eigenvalue weighted by Crippen LogP contribution is -2.61. The van der Waals surface area contributed by atoms with E-state index in [0.717, 1.165) is 0 Å². The average Bonchev–Trinajstić information content (AvgIpc) is 3.91. The van der Waals surface area contributed by atoms with Gasteiger partial charge in [0.05, 0.1) is 25.8 Å². The molecule has 1 heterocycles. The van der Waals surface area contributed by atoms with Crippen molar-refractivity contribution in [3.05, 3.63) is 41.6 Å². The molecule has 0 saturated carbocycles. The number of ether oxygens (including phenoxy) is 1. The Morgan fingerprint density at radius 3 is 1.95 bits per heavy atom. The number of nitrogens with zero attached hydrogens (tertiary/aromatic N) is 2. The molecule has 8 amide bonds. The van der Waals surface area contributed by atoms with Gasteiger partial charge < -0.3 is 103 Å². The second kappa shape index (κ2) is 36.1. The van der Waals surface area contributed by atoms with E-state index >= 15 is 0 Å². The highest BCUT2D eigenvalue weighted by Crippen LogP contribution is 2.21. The highest BCUT2D eigenvalue weighted by molar-refractivity contribution is 5.99. The molecule has 29 heteroatoms. The van der Waals surface area contributed by atoms with Crippen molar-refractivity contribution in [1.29, 1.82) is 0 Å². The number of methoxy groups -OCH3 is 1. The zero-order valence-electron chi connectivity index (χ0n) is 43.8. The highest BCUT2D eigenvalue weighted by atomic mass is 16.5. The van der Waals surface area contributed by atoms with Crippen molar-refractivity contribution in [2.45, 2.75) is 132 Å². The Morgan fingerprint density at radius 2 is 1.35 bits per heavy atom. The number of carbonyl (C=O) groups excluding carboxylic acids is 8. The standard InChI is InChI=1S/C48H83N17O12/c1-77-29-16-14-28(15-17-29)25-35(43(71)60-31(10-3-5-20-50)42(70)62-34(47(75)76)12-7-23-57-48(55)56)63-44(72)36-13-8-24-65(36)46(74)33(11-6-21-51)59-38(67)27-58-41(69)32(18-22-52)61-45(73)39(37(66)26-53)64-40(68)30(54)9-2-4-19-49/h12,14-17,30-33,35-37,39,66H,2-11,13,18-27,49-54H2,1H3,(H,58,69)(H,59,67)(H,60,71)(H,61,73)(H,62,70)(H,63,72)(H,64,68)(H,75,76)(H4,55,56,57)/b34-12-/t30-,31-,32-,33+,35?,36-,37-,39-/m0/s1. The Kier molecular flexibility index (Phi) is 31.0. The third-order valence-electron chi connectivity index (χ3n) is 12.3. The van der Waals surface area contributed by atoms with Crippen LogP contribution in [0.4, 0.5) is 0 Å². The normalized spacial score (nSPS) is 16.0. The molecule has 0 radical (unpaired) electrons. The topological polar surface area (TPSA) is 511 Å². The number of benzene rings is 1. The van der Waals surface area contributed by atoms with Crippen LogP contribution in [0.15, 0.2) is 41.0 Å². The zero-order chi connectivity index (χ0) is 57.5. The highest BCUT2D eigenvalue weighted by Gasteiger charge is 2.40. The van der Waals surface area contributed by atoms with Crippen LogP contribution in [-0.4, -0.2) is 182 Å². The largest absolute Gasteiger partial charge is 0.497 e. The van der Waals surface area contributed by atoms with E-state index in [2.05, 4.69) is 42.2 Å². The first-order valence-corrected chi connectivity index (χ1v) is 25.7. The number of aliphatic carboxylic acids is 1. The van der Waals surface area contributed by atoms with Gasteiger partial charge in [0.25, 0.3) is 0 Å². The van der Waals surface area contributed by atoms with Gasteiger partial charge in [-0.15, -0.1) is 0 Å². The third-order valence-corrected chi connectivity index (χ3v) is 12.3. The van der Waals surface area contributed by atoms with Gasteiger partial charge in [-0.2, -0.15) is 0 Å². The smallest absolute Gasteiger partial charge is 0.352 e. The molecule has 1 aromatic carbocycles. The summed E-state index contributed by atoms with van der Waals surface area (Å²) in [6, 6.07) is -2.34. The number of aliphatic imine (C=N–C) groups is 1. The van der Waals surface area contributed by atoms with Gasteiger partial charge in [0.15, 0.2) is 5.96 Å². The lowest BCUT2D eigenvalue weighted by molar-refractivity contribution is -0.142. The number of guanidine groups is 1. The molecule has 1 aliphatic heterocycles. The molecular weight excluding hydrogens is 1010 g/mol. The van der Waals surface area contributed by atoms with Gasteiger partial charge in [0.2, 0.25) is 47.3 Å². The van der Waals surface area contributed by atoms with Gasteiger partial charge >= 0.3 is 5.97 Å². The van der Waals surface area contributed by atoms with Gasteiger partial charge in [-0.05, 0) is 115 Å². The van der Waals surface area contributed by atoms with Crippen molar-refractivity contribution in [3.8, 4) is 5.75 Å². The fourth-order valence-electron chi connectivity index (χ4n) is 8.01. The fraction of sp³-hybridized carbons (Fsp3) is 0.625. The first kappa shape index (κ1) is 66.1. The Hall–Kier alpha value is -7.02. The number of carboxylic acid groups (broad SMARTS) is 1. The summed E-state index contributed by atoms with van der Waals surface area (Å²) < 4.78 is 5.27. The van der Waals surface area contributed by atoms with Crippen LogP contribution in [0.3, 0.4) is 0 Å². The van der Waals surface area contributed by atoms with Gasteiger partial charge in [-0.1, -0.05) is 24.6 Å². The summed E-state index contributed by atoms with van der Waals surface area (Å²) in [5.74, 6) is -7.58. The number of rotatable bonds is 37. The van der Waals surface area contributed by atoms with Crippen molar-refractivity contribution in [3.63, 3.8) is 0 Å². The lowest BCUT2D eigenvalue weighted by atomic mass is 10.0. The van der Waals surface area contributed by atoms with Crippen LogP contribution in [0.1, 0.15) is 82.6 Å². The minimum absolute atomic E-state index is 0.0319. The van der Waals surface area contributed by atoms with E-state index in [1.807, 2.05) is 0 Å². The number of nitrogens with one attached hydrogen (secondary N) is 7. The number of likely N-dealkylation sites (tertiary alicyclic amines) is 1. The summed E-state index contributed by atoms with van der Waals surface area (Å²) in [5.41, 5.74) is 45.1. The molecule has 1 fully saturated rings. The molecule has 2 rings (SSSR count). The number of aliphatic hydroxyl groups excluding tert-OH is 1. The van der Waals surface area contributed by atoms with Crippen molar-refractivity contribution in [2.24, 2.45) is 50.9 Å². The first-order valence-electron chi connectivity index (χ1n) is 25.7. The Labute approximate surface area is 447 Å². The molecule has 25 N–H and O–H groups in total. The SMILES string of the molecule is COc1ccc(CC(NC(=O)[C@@H]2CCCN2C(=O)[C@@H](CCCN)NC(=O)CNC(=O)[C@H](CCN)NC(=O)[C@@H](NC(=O)[C@@H](N)CCCCN)[C@@H](O)CN)C(=O)N[C@@H](CCCCN)C(=O)N/C(=C\CCN=C(N)N)C(=O)O)cc1. The number of carboxylic acids is 1. The van der Waals surface area contributed by atoms with E-state index in [1.54, 1.807) is 24.3 Å². The van der Waals surface area contributed by atoms with E-state index in [9.17, 15) is 53.4 Å². The number of nitrogens with two attached hydrogens (primary N) is 8. The molecule has 432 valence electrons.